The number of carbonyl (C=O) groups excluding carboxylic acids is 1. The summed E-state index contributed by atoms with van der Waals surface area (Å²) in [6.07, 6.45) is 0.633. The van der Waals surface area contributed by atoms with Crippen molar-refractivity contribution in [1.82, 2.24) is 0 Å². The molecule has 1 saturated carbocycles. The van der Waals surface area contributed by atoms with Gasteiger partial charge in [0.15, 0.2) is 5.78 Å². The van der Waals surface area contributed by atoms with Crippen LogP contribution in [0, 0.1) is 17.6 Å². The summed E-state index contributed by atoms with van der Waals surface area (Å²) >= 11 is 0. The Balaban J connectivity index is 1.85. The van der Waals surface area contributed by atoms with Crippen LogP contribution < -0.4 is 4.74 Å². The van der Waals surface area contributed by atoms with Crippen molar-refractivity contribution in [2.45, 2.75) is 12.3 Å². The van der Waals surface area contributed by atoms with Crippen molar-refractivity contribution in [3.05, 3.63) is 65.2 Å². The largest absolute Gasteiger partial charge is 0.497 e. The molecule has 0 heterocycles. The molecule has 3 rings (SSSR count). The summed E-state index contributed by atoms with van der Waals surface area (Å²) in [4.78, 5) is 12.3. The normalized spacial score (nSPS) is 20.1. The van der Waals surface area contributed by atoms with Crippen molar-refractivity contribution < 1.29 is 18.3 Å². The molecule has 21 heavy (non-hydrogen) atoms. The third-order valence-electron chi connectivity index (χ3n) is 3.85. The Morgan fingerprint density at radius 2 is 1.76 bits per heavy atom. The van der Waals surface area contributed by atoms with E-state index in [1.165, 1.54) is 7.11 Å². The van der Waals surface area contributed by atoms with E-state index < -0.39 is 23.0 Å². The van der Waals surface area contributed by atoms with Gasteiger partial charge in [-0.15, -0.1) is 0 Å². The highest BCUT2D eigenvalue weighted by Crippen LogP contribution is 2.49. The van der Waals surface area contributed by atoms with Crippen molar-refractivity contribution in [1.29, 1.82) is 0 Å². The molecule has 0 aromatic heterocycles. The first-order valence-corrected chi connectivity index (χ1v) is 6.74. The molecule has 1 aliphatic rings. The molecule has 2 atom stereocenters. The second-order valence-electron chi connectivity index (χ2n) is 5.19. The fraction of sp³-hybridized carbons (Fsp3) is 0.235. The van der Waals surface area contributed by atoms with Crippen molar-refractivity contribution in [2.24, 2.45) is 5.92 Å². The van der Waals surface area contributed by atoms with E-state index in [9.17, 15) is 13.6 Å². The summed E-state index contributed by atoms with van der Waals surface area (Å²) in [6, 6.07) is 11.6. The van der Waals surface area contributed by atoms with Gasteiger partial charge in [0.05, 0.1) is 12.7 Å². The first-order valence-electron chi connectivity index (χ1n) is 6.74. The molecule has 0 spiro atoms. The molecule has 0 aliphatic heterocycles. The maximum Gasteiger partial charge on any atom is 0.172 e. The monoisotopic (exact) mass is 288 g/mol. The zero-order valence-electron chi connectivity index (χ0n) is 11.5. The Kier molecular flexibility index (Phi) is 3.45. The maximum absolute atomic E-state index is 13.9. The summed E-state index contributed by atoms with van der Waals surface area (Å²) in [5, 5.41) is 0. The van der Waals surface area contributed by atoms with E-state index >= 15 is 0 Å². The van der Waals surface area contributed by atoms with E-state index in [0.717, 1.165) is 17.7 Å². The Morgan fingerprint density at radius 3 is 2.33 bits per heavy atom. The fourth-order valence-corrected chi connectivity index (χ4v) is 2.64. The molecule has 0 N–H and O–H groups in total. The zero-order chi connectivity index (χ0) is 15.0. The quantitative estimate of drug-likeness (QED) is 0.796. The summed E-state index contributed by atoms with van der Waals surface area (Å²) in [7, 11) is 1.32. The van der Waals surface area contributed by atoms with Crippen LogP contribution in [0.15, 0.2) is 42.5 Å². The van der Waals surface area contributed by atoms with Crippen LogP contribution in [0.25, 0.3) is 0 Å². The molecule has 2 nitrogen and oxygen atoms in total. The van der Waals surface area contributed by atoms with E-state index in [1.54, 1.807) is 0 Å². The number of carbonyl (C=O) groups is 1. The molecule has 2 unspecified atom stereocenters. The highest BCUT2D eigenvalue weighted by atomic mass is 19.1. The highest BCUT2D eigenvalue weighted by molar-refractivity contribution is 6.01. The van der Waals surface area contributed by atoms with Gasteiger partial charge >= 0.3 is 0 Å². The van der Waals surface area contributed by atoms with Gasteiger partial charge in [-0.1, -0.05) is 30.3 Å². The van der Waals surface area contributed by atoms with Gasteiger partial charge in [0, 0.05) is 18.1 Å². The van der Waals surface area contributed by atoms with E-state index in [2.05, 4.69) is 0 Å². The Bertz CT molecular complexity index is 659. The minimum Gasteiger partial charge on any atom is -0.497 e. The predicted molar refractivity (Wildman–Crippen MR) is 74.5 cm³/mol. The smallest absolute Gasteiger partial charge is 0.172 e. The van der Waals surface area contributed by atoms with Gasteiger partial charge in [0.25, 0.3) is 0 Å². The van der Waals surface area contributed by atoms with Gasteiger partial charge in [0.1, 0.15) is 17.4 Å². The molecule has 0 saturated heterocycles. The molecular weight excluding hydrogens is 274 g/mol. The van der Waals surface area contributed by atoms with E-state index in [-0.39, 0.29) is 17.6 Å². The molecule has 1 aliphatic carbocycles. The number of methoxy groups -OCH3 is 1. The van der Waals surface area contributed by atoms with Gasteiger partial charge in [-0.05, 0) is 17.9 Å². The molecule has 0 amide bonds. The third kappa shape index (κ3) is 2.53. The minimum atomic E-state index is -0.865. The summed E-state index contributed by atoms with van der Waals surface area (Å²) < 4.78 is 32.6. The number of hydrogen-bond acceptors (Lipinski definition) is 2. The lowest BCUT2D eigenvalue weighted by atomic mass is 10.0. The first kappa shape index (κ1) is 13.7. The summed E-state index contributed by atoms with van der Waals surface area (Å²) in [6.45, 7) is 0. The van der Waals surface area contributed by atoms with Crippen LogP contribution in [0.5, 0.6) is 5.75 Å². The van der Waals surface area contributed by atoms with E-state index in [0.29, 0.717) is 6.42 Å². The molecular formula is C17H14F2O2. The van der Waals surface area contributed by atoms with Crippen LogP contribution in [-0.2, 0) is 0 Å². The van der Waals surface area contributed by atoms with Crippen LogP contribution in [0.2, 0.25) is 0 Å². The SMILES string of the molecule is COc1cc(F)c(C(=O)C2CC2c2ccccc2)c(F)c1. The van der Waals surface area contributed by atoms with Gasteiger partial charge in [-0.25, -0.2) is 8.78 Å². The Hall–Kier alpha value is -2.23. The average Bonchev–Trinajstić information content (AvgIpc) is 3.27. The van der Waals surface area contributed by atoms with Gasteiger partial charge in [-0.2, -0.15) is 0 Å². The Morgan fingerprint density at radius 1 is 1.14 bits per heavy atom. The Labute approximate surface area is 121 Å². The fourth-order valence-electron chi connectivity index (χ4n) is 2.64. The number of hydrogen-bond donors (Lipinski definition) is 0. The second kappa shape index (κ2) is 5.28. The minimum absolute atomic E-state index is 0.0552. The van der Waals surface area contributed by atoms with Crippen LogP contribution in [0.4, 0.5) is 8.78 Å². The lowest BCUT2D eigenvalue weighted by molar-refractivity contribution is 0.0957. The van der Waals surface area contributed by atoms with Crippen molar-refractivity contribution in [2.75, 3.05) is 7.11 Å². The number of ether oxygens (including phenoxy) is 1. The molecule has 1 fully saturated rings. The van der Waals surface area contributed by atoms with E-state index in [1.807, 2.05) is 30.3 Å². The van der Waals surface area contributed by atoms with Crippen LogP contribution in [0.1, 0.15) is 28.3 Å². The molecule has 0 bridgehead atoms. The molecule has 4 heteroatoms. The van der Waals surface area contributed by atoms with Crippen LogP contribution >= 0.6 is 0 Å². The average molecular weight is 288 g/mol. The lowest BCUT2D eigenvalue weighted by Gasteiger charge is -2.07. The molecule has 108 valence electrons. The highest BCUT2D eigenvalue weighted by Gasteiger charge is 2.45. The number of benzene rings is 2. The second-order valence-corrected chi connectivity index (χ2v) is 5.19. The maximum atomic E-state index is 13.9. The van der Waals surface area contributed by atoms with Crippen LogP contribution in [-0.4, -0.2) is 12.9 Å². The topological polar surface area (TPSA) is 26.3 Å². The molecule has 2 aromatic carbocycles. The van der Waals surface area contributed by atoms with Gasteiger partial charge in [-0.3, -0.25) is 4.79 Å². The standard InChI is InChI=1S/C17H14F2O2/c1-21-11-7-14(18)16(15(19)8-11)17(20)13-9-12(13)10-5-3-2-4-6-10/h2-8,12-13H,9H2,1H3. The number of rotatable bonds is 4. The van der Waals surface area contributed by atoms with Crippen LogP contribution in [0.3, 0.4) is 0 Å². The first-order chi connectivity index (χ1) is 10.1. The summed E-state index contributed by atoms with van der Waals surface area (Å²) in [5.74, 6) is -2.42. The third-order valence-corrected chi connectivity index (χ3v) is 3.85. The van der Waals surface area contributed by atoms with Gasteiger partial charge in [0.2, 0.25) is 0 Å². The zero-order valence-corrected chi connectivity index (χ0v) is 11.5. The number of halogens is 2. The molecule has 0 radical (unpaired) electrons. The van der Waals surface area contributed by atoms with Crippen molar-refractivity contribution >= 4 is 5.78 Å². The molecule has 2 aromatic rings. The number of Topliss-reactive ketones (excluding diaryl/α,β-unsaturated/α-hetero) is 1. The van der Waals surface area contributed by atoms with E-state index in [4.69, 9.17) is 4.74 Å². The number of ketones is 1. The van der Waals surface area contributed by atoms with Crippen molar-refractivity contribution in [3.8, 4) is 5.75 Å². The van der Waals surface area contributed by atoms with Crippen molar-refractivity contribution in [3.63, 3.8) is 0 Å². The lowest BCUT2D eigenvalue weighted by Crippen LogP contribution is -2.09. The van der Waals surface area contributed by atoms with Gasteiger partial charge < -0.3 is 4.74 Å². The summed E-state index contributed by atoms with van der Waals surface area (Å²) in [5.41, 5.74) is 0.574. The predicted octanol–water partition coefficient (Wildman–Crippen LogP) is 3.96.